The number of furan rings is 1. The first-order valence-corrected chi connectivity index (χ1v) is 5.64. The third kappa shape index (κ3) is 1.98. The first kappa shape index (κ1) is 12.1. The fourth-order valence-electron chi connectivity index (χ4n) is 2.13. The van der Waals surface area contributed by atoms with Crippen molar-refractivity contribution in [2.75, 3.05) is 0 Å². The molecule has 1 aromatic heterocycles. The second kappa shape index (κ2) is 4.62. The molecule has 3 N–H and O–H groups in total. The van der Waals surface area contributed by atoms with Crippen LogP contribution in [0.25, 0.3) is 21.9 Å². The van der Waals surface area contributed by atoms with Crippen LogP contribution in [0, 0.1) is 0 Å². The normalized spacial score (nSPS) is 10.9. The van der Waals surface area contributed by atoms with E-state index in [2.05, 4.69) is 0 Å². The van der Waals surface area contributed by atoms with Gasteiger partial charge in [0.25, 0.3) is 0 Å². The van der Waals surface area contributed by atoms with Crippen LogP contribution in [0.4, 0.5) is 0 Å². The third-order valence-electron chi connectivity index (χ3n) is 2.96. The summed E-state index contributed by atoms with van der Waals surface area (Å²) in [6, 6.07) is 10.1. The van der Waals surface area contributed by atoms with Crippen LogP contribution in [0.5, 0.6) is 5.75 Å². The summed E-state index contributed by atoms with van der Waals surface area (Å²) in [4.78, 5) is 0. The van der Waals surface area contributed by atoms with Gasteiger partial charge < -0.3 is 24.1 Å². The van der Waals surface area contributed by atoms with Crippen LogP contribution in [0.15, 0.2) is 40.8 Å². The Hall–Kier alpha value is -1.95. The van der Waals surface area contributed by atoms with Gasteiger partial charge in [0.05, 0.1) is 5.39 Å². The van der Waals surface area contributed by atoms with Crippen molar-refractivity contribution in [1.82, 2.24) is 0 Å². The molecule has 0 spiro atoms. The van der Waals surface area contributed by atoms with Crippen molar-refractivity contribution >= 4 is 42.2 Å². The number of hydrogen-bond acceptors (Lipinski definition) is 5. The van der Waals surface area contributed by atoms with E-state index in [9.17, 15) is 10.0 Å². The van der Waals surface area contributed by atoms with Crippen LogP contribution >= 0.6 is 0 Å². The van der Waals surface area contributed by atoms with E-state index < -0.39 is 7.12 Å². The molecule has 93 valence electrons. The van der Waals surface area contributed by atoms with E-state index in [4.69, 9.17) is 14.1 Å². The van der Waals surface area contributed by atoms with Gasteiger partial charge in [0, 0.05) is 5.39 Å². The van der Waals surface area contributed by atoms with Crippen molar-refractivity contribution < 1.29 is 24.1 Å². The molecule has 2 aromatic carbocycles. The molecule has 19 heavy (non-hydrogen) atoms. The predicted octanol–water partition coefficient (Wildman–Crippen LogP) is 0.171. The first-order chi connectivity index (χ1) is 9.20. The van der Waals surface area contributed by atoms with Gasteiger partial charge in [-0.1, -0.05) is 18.2 Å². The molecule has 3 aromatic rings. The molecule has 7 heteroatoms. The molecule has 0 saturated heterocycles. The average molecular weight is 255 g/mol. The topological polar surface area (TPSA) is 83.1 Å². The highest BCUT2D eigenvalue weighted by Crippen LogP contribution is 2.34. The van der Waals surface area contributed by atoms with Crippen molar-refractivity contribution in [2.45, 2.75) is 0 Å². The zero-order valence-electron chi connectivity index (χ0n) is 9.78. The van der Waals surface area contributed by atoms with E-state index in [1.807, 2.05) is 0 Å². The fraction of sp³-hybridized carbons (Fsp3) is 0. The van der Waals surface area contributed by atoms with Crippen molar-refractivity contribution in [2.24, 2.45) is 0 Å². The molecule has 0 unspecified atom stereocenters. The van der Waals surface area contributed by atoms with Gasteiger partial charge in [0.15, 0.2) is 0 Å². The Kier molecular flexibility index (Phi) is 2.94. The molecule has 5 nitrogen and oxygen atoms in total. The smallest absolute Gasteiger partial charge is 0.537 e. The molecule has 0 saturated carbocycles. The lowest BCUT2D eigenvalue weighted by Gasteiger charge is -2.03. The van der Waals surface area contributed by atoms with Gasteiger partial charge in [-0.2, -0.15) is 0 Å². The quantitative estimate of drug-likeness (QED) is 0.581. The molecule has 0 amide bonds. The zero-order chi connectivity index (χ0) is 13.4. The van der Waals surface area contributed by atoms with Crippen LogP contribution < -0.4 is 10.1 Å². The maximum atomic E-state index is 9.21. The van der Waals surface area contributed by atoms with E-state index in [0.717, 1.165) is 0 Å². The van der Waals surface area contributed by atoms with Crippen molar-refractivity contribution in [3.05, 3.63) is 36.4 Å². The second-order valence-electron chi connectivity index (χ2n) is 4.08. The molecule has 1 radical (unpaired) electrons. The zero-order valence-corrected chi connectivity index (χ0v) is 9.78. The number of hydrogen-bond donors (Lipinski definition) is 3. The summed E-state index contributed by atoms with van der Waals surface area (Å²) in [5.74, 6) is 0.434. The van der Waals surface area contributed by atoms with Crippen molar-refractivity contribution in [3.63, 3.8) is 0 Å². The SMILES string of the molecule is O[B]Oc1cccc2oc3ccc(B(O)O)cc3c12. The molecule has 0 aliphatic carbocycles. The maximum absolute atomic E-state index is 9.21. The van der Waals surface area contributed by atoms with Gasteiger partial charge in [-0.25, -0.2) is 0 Å². The van der Waals surface area contributed by atoms with Gasteiger partial charge in [0.1, 0.15) is 16.9 Å². The van der Waals surface area contributed by atoms with Gasteiger partial charge in [-0.05, 0) is 23.7 Å². The van der Waals surface area contributed by atoms with Gasteiger partial charge in [0.2, 0.25) is 0 Å². The lowest BCUT2D eigenvalue weighted by molar-refractivity contribution is 0.426. The Morgan fingerprint density at radius 3 is 2.68 bits per heavy atom. The predicted molar refractivity (Wildman–Crippen MR) is 72.1 cm³/mol. The largest absolute Gasteiger partial charge is 0.569 e. The Bertz CT molecular complexity index is 737. The molecular formula is C12H9B2O5. The summed E-state index contributed by atoms with van der Waals surface area (Å²) in [6.07, 6.45) is 0. The summed E-state index contributed by atoms with van der Waals surface area (Å²) >= 11 is 0. The molecule has 0 fully saturated rings. The van der Waals surface area contributed by atoms with E-state index in [-0.39, 0.29) is 0 Å². The first-order valence-electron chi connectivity index (χ1n) is 5.64. The lowest BCUT2D eigenvalue weighted by Crippen LogP contribution is -2.29. The fourth-order valence-corrected chi connectivity index (χ4v) is 2.13. The minimum Gasteiger partial charge on any atom is -0.537 e. The number of benzene rings is 2. The highest BCUT2D eigenvalue weighted by Gasteiger charge is 2.16. The van der Waals surface area contributed by atoms with Gasteiger partial charge >= 0.3 is 14.8 Å². The maximum Gasteiger partial charge on any atom is 0.569 e. The highest BCUT2D eigenvalue weighted by atomic mass is 16.5. The Morgan fingerprint density at radius 1 is 1.11 bits per heavy atom. The lowest BCUT2D eigenvalue weighted by atomic mass is 9.80. The summed E-state index contributed by atoms with van der Waals surface area (Å²) in [5.41, 5.74) is 1.56. The van der Waals surface area contributed by atoms with Gasteiger partial charge in [-0.3, -0.25) is 0 Å². The number of fused-ring (bicyclic) bond motifs is 3. The molecule has 0 aliphatic heterocycles. The van der Waals surface area contributed by atoms with E-state index in [0.29, 0.717) is 40.8 Å². The van der Waals surface area contributed by atoms with Crippen molar-refractivity contribution in [3.8, 4) is 5.75 Å². The van der Waals surface area contributed by atoms with Gasteiger partial charge in [-0.15, -0.1) is 0 Å². The van der Waals surface area contributed by atoms with Crippen LogP contribution in [-0.2, 0) is 0 Å². The van der Waals surface area contributed by atoms with Crippen molar-refractivity contribution in [1.29, 1.82) is 0 Å². The van der Waals surface area contributed by atoms with Crippen LogP contribution in [-0.4, -0.2) is 29.9 Å². The summed E-state index contributed by atoms with van der Waals surface area (Å²) in [7, 11) is -0.954. The molecule has 0 atom stereocenters. The Balaban J connectivity index is 2.34. The van der Waals surface area contributed by atoms with Crippen LogP contribution in [0.3, 0.4) is 0 Å². The average Bonchev–Trinajstić information content (AvgIpc) is 2.77. The second-order valence-corrected chi connectivity index (χ2v) is 4.08. The van der Waals surface area contributed by atoms with Crippen LogP contribution in [0.1, 0.15) is 0 Å². The molecule has 1 heterocycles. The minimum atomic E-state index is -1.55. The monoisotopic (exact) mass is 255 g/mol. The Labute approximate surface area is 109 Å². The standard InChI is InChI=1S/C12H9B2O5/c15-13-19-11-3-1-2-10-12(11)8-6-7(14(16)17)4-5-9(8)18-10/h1-6,15-17H. The minimum absolute atomic E-state index is 0.359. The molecule has 3 rings (SSSR count). The highest BCUT2D eigenvalue weighted by molar-refractivity contribution is 6.59. The number of rotatable bonds is 3. The summed E-state index contributed by atoms with van der Waals surface area (Å²) in [5, 5.41) is 28.6. The van der Waals surface area contributed by atoms with E-state index >= 15 is 0 Å². The summed E-state index contributed by atoms with van der Waals surface area (Å²) < 4.78 is 10.7. The van der Waals surface area contributed by atoms with Crippen LogP contribution in [0.2, 0.25) is 0 Å². The molecule has 0 bridgehead atoms. The van der Waals surface area contributed by atoms with E-state index in [1.54, 1.807) is 36.4 Å². The summed E-state index contributed by atoms with van der Waals surface area (Å²) in [6.45, 7) is 0. The molecule has 0 aliphatic rings. The van der Waals surface area contributed by atoms with E-state index in [1.165, 1.54) is 0 Å². The third-order valence-corrected chi connectivity index (χ3v) is 2.96. The Morgan fingerprint density at radius 2 is 1.95 bits per heavy atom. The molecular weight excluding hydrogens is 246 g/mol.